The van der Waals surface area contributed by atoms with Crippen molar-refractivity contribution in [2.24, 2.45) is 0 Å². The number of aromatic nitrogens is 2. The van der Waals surface area contributed by atoms with Crippen LogP contribution in [0.1, 0.15) is 68.4 Å². The molecule has 2 amide bonds. The van der Waals surface area contributed by atoms with Crippen LogP contribution in [0.25, 0.3) is 21.8 Å². The van der Waals surface area contributed by atoms with Crippen molar-refractivity contribution < 1.29 is 19.1 Å². The molecule has 9 heteroatoms. The Hall–Kier alpha value is -4.14. The van der Waals surface area contributed by atoms with Crippen molar-refractivity contribution in [3.63, 3.8) is 0 Å². The van der Waals surface area contributed by atoms with Gasteiger partial charge in [0, 0.05) is 48.1 Å². The lowest BCUT2D eigenvalue weighted by Gasteiger charge is -2.28. The molecule has 1 atom stereocenters. The van der Waals surface area contributed by atoms with Crippen molar-refractivity contribution in [2.45, 2.75) is 64.8 Å². The summed E-state index contributed by atoms with van der Waals surface area (Å²) >= 11 is 0. The molecule has 0 radical (unpaired) electrons. The molecule has 4 rings (SSSR count). The average Bonchev–Trinajstić information content (AvgIpc) is 3.33. The van der Waals surface area contributed by atoms with Gasteiger partial charge in [0.25, 0.3) is 5.91 Å². The van der Waals surface area contributed by atoms with Crippen LogP contribution < -0.4 is 10.7 Å². The molecule has 2 aromatic carbocycles. The van der Waals surface area contributed by atoms with Crippen LogP contribution in [0.4, 0.5) is 4.39 Å². The molecule has 2 aromatic heterocycles. The zero-order valence-electron chi connectivity index (χ0n) is 23.1. The van der Waals surface area contributed by atoms with E-state index >= 15 is 0 Å². The third-order valence-corrected chi connectivity index (χ3v) is 7.22. The number of hydrogen-bond donors (Lipinski definition) is 4. The van der Waals surface area contributed by atoms with E-state index in [0.29, 0.717) is 24.0 Å². The van der Waals surface area contributed by atoms with Crippen LogP contribution in [-0.4, -0.2) is 50.9 Å². The van der Waals surface area contributed by atoms with Crippen LogP contribution in [-0.2, 0) is 11.2 Å². The number of nitrogens with one attached hydrogen (secondary N) is 3. The van der Waals surface area contributed by atoms with Crippen molar-refractivity contribution in [3.8, 4) is 5.75 Å². The maximum Gasteiger partial charge on any atom is 0.268 e. The first-order chi connectivity index (χ1) is 19.3. The molecule has 0 aliphatic rings. The summed E-state index contributed by atoms with van der Waals surface area (Å²) in [5.41, 5.74) is 1.08. The Labute approximate surface area is 232 Å². The van der Waals surface area contributed by atoms with E-state index in [9.17, 15) is 23.9 Å². The molecule has 2 heterocycles. The second-order valence-electron chi connectivity index (χ2n) is 10.2. The number of carbonyl (C=O) groups excluding carboxylic acids is 2. The Morgan fingerprint density at radius 2 is 1.73 bits per heavy atom. The van der Waals surface area contributed by atoms with Crippen LogP contribution in [0.5, 0.6) is 5.75 Å². The van der Waals surface area contributed by atoms with E-state index in [4.69, 9.17) is 0 Å². The summed E-state index contributed by atoms with van der Waals surface area (Å²) in [6.45, 7) is 5.35. The SMILES string of the molecule is CCCCCN(CCCCC)C(=O)[C@H](Cc1c[nH]c2ccc(F)cc12)NC(=O)c1cc(=O)c2cccc(O)c2[nH]1. The summed E-state index contributed by atoms with van der Waals surface area (Å²) in [4.78, 5) is 47.9. The topological polar surface area (TPSA) is 118 Å². The third-order valence-electron chi connectivity index (χ3n) is 7.22. The van der Waals surface area contributed by atoms with Gasteiger partial charge >= 0.3 is 0 Å². The number of rotatable bonds is 13. The number of halogens is 1. The second kappa shape index (κ2) is 13.3. The highest BCUT2D eigenvalue weighted by Crippen LogP contribution is 2.23. The number of benzene rings is 2. The number of phenols is 1. The van der Waals surface area contributed by atoms with Gasteiger partial charge in [-0.05, 0) is 48.7 Å². The van der Waals surface area contributed by atoms with Crippen LogP contribution in [0.3, 0.4) is 0 Å². The number of fused-ring (bicyclic) bond motifs is 2. The van der Waals surface area contributed by atoms with Gasteiger partial charge in [0.15, 0.2) is 5.43 Å². The number of amides is 2. The largest absolute Gasteiger partial charge is 0.506 e. The maximum absolute atomic E-state index is 14.1. The number of para-hydroxylation sites is 1. The molecule has 0 unspecified atom stereocenters. The quantitative estimate of drug-likeness (QED) is 0.167. The van der Waals surface area contributed by atoms with E-state index < -0.39 is 23.2 Å². The van der Waals surface area contributed by atoms with Gasteiger partial charge in [-0.25, -0.2) is 4.39 Å². The Morgan fingerprint density at radius 1 is 1.00 bits per heavy atom. The fourth-order valence-electron chi connectivity index (χ4n) is 5.01. The summed E-state index contributed by atoms with van der Waals surface area (Å²) in [5, 5.41) is 14.0. The van der Waals surface area contributed by atoms with Gasteiger partial charge in [-0.1, -0.05) is 45.6 Å². The molecule has 0 bridgehead atoms. The van der Waals surface area contributed by atoms with Gasteiger partial charge in [0.1, 0.15) is 23.3 Å². The lowest BCUT2D eigenvalue weighted by molar-refractivity contribution is -0.133. The van der Waals surface area contributed by atoms with Crippen LogP contribution >= 0.6 is 0 Å². The molecule has 212 valence electrons. The minimum atomic E-state index is -0.957. The van der Waals surface area contributed by atoms with E-state index in [2.05, 4.69) is 29.1 Å². The van der Waals surface area contributed by atoms with Crippen molar-refractivity contribution in [1.29, 1.82) is 0 Å². The van der Waals surface area contributed by atoms with Crippen molar-refractivity contribution in [3.05, 3.63) is 76.0 Å². The Bertz CT molecular complexity index is 1530. The Kier molecular flexibility index (Phi) is 9.58. The second-order valence-corrected chi connectivity index (χ2v) is 10.2. The first kappa shape index (κ1) is 28.9. The summed E-state index contributed by atoms with van der Waals surface area (Å²) in [6, 6.07) is 9.15. The van der Waals surface area contributed by atoms with Gasteiger partial charge in [-0.15, -0.1) is 0 Å². The molecule has 40 heavy (non-hydrogen) atoms. The van der Waals surface area contributed by atoms with Gasteiger partial charge in [-0.2, -0.15) is 0 Å². The van der Waals surface area contributed by atoms with Gasteiger partial charge in [-0.3, -0.25) is 14.4 Å². The molecule has 4 aromatic rings. The van der Waals surface area contributed by atoms with E-state index in [1.165, 1.54) is 24.3 Å². The minimum absolute atomic E-state index is 0.0645. The molecular formula is C31H37FN4O4. The zero-order chi connectivity index (χ0) is 28.6. The smallest absolute Gasteiger partial charge is 0.268 e. The first-order valence-electron chi connectivity index (χ1n) is 14.0. The summed E-state index contributed by atoms with van der Waals surface area (Å²) in [5.74, 6) is -1.42. The number of H-pyrrole nitrogens is 2. The van der Waals surface area contributed by atoms with Crippen LogP contribution in [0.2, 0.25) is 0 Å². The van der Waals surface area contributed by atoms with Crippen LogP contribution in [0.15, 0.2) is 53.5 Å². The zero-order valence-corrected chi connectivity index (χ0v) is 23.1. The van der Waals surface area contributed by atoms with E-state index in [1.54, 1.807) is 29.3 Å². The van der Waals surface area contributed by atoms with Gasteiger partial charge < -0.3 is 25.3 Å². The number of carbonyl (C=O) groups is 2. The predicted molar refractivity (Wildman–Crippen MR) is 155 cm³/mol. The Balaban J connectivity index is 1.67. The van der Waals surface area contributed by atoms with Crippen LogP contribution in [0, 0.1) is 5.82 Å². The lowest BCUT2D eigenvalue weighted by atomic mass is 10.0. The number of unbranched alkanes of at least 4 members (excludes halogenated alkanes) is 4. The van der Waals surface area contributed by atoms with Gasteiger partial charge in [0.2, 0.25) is 5.91 Å². The van der Waals surface area contributed by atoms with Crippen molar-refractivity contribution in [1.82, 2.24) is 20.2 Å². The third kappa shape index (κ3) is 6.70. The molecule has 4 N–H and O–H groups in total. The van der Waals surface area contributed by atoms with E-state index in [0.717, 1.165) is 44.0 Å². The number of pyridine rings is 1. The molecule has 0 saturated carbocycles. The highest BCUT2D eigenvalue weighted by Gasteiger charge is 2.28. The number of aromatic hydroxyl groups is 1. The minimum Gasteiger partial charge on any atom is -0.506 e. The average molecular weight is 549 g/mol. The number of aromatic amines is 2. The van der Waals surface area contributed by atoms with E-state index in [1.807, 2.05) is 0 Å². The molecule has 0 fully saturated rings. The first-order valence-corrected chi connectivity index (χ1v) is 14.0. The monoisotopic (exact) mass is 548 g/mol. The molecule has 8 nitrogen and oxygen atoms in total. The maximum atomic E-state index is 14.1. The van der Waals surface area contributed by atoms with Crippen molar-refractivity contribution in [2.75, 3.05) is 13.1 Å². The summed E-state index contributed by atoms with van der Waals surface area (Å²) in [7, 11) is 0. The predicted octanol–water partition coefficient (Wildman–Crippen LogP) is 5.40. The van der Waals surface area contributed by atoms with Gasteiger partial charge in [0.05, 0.1) is 5.52 Å². The van der Waals surface area contributed by atoms with E-state index in [-0.39, 0.29) is 34.7 Å². The highest BCUT2D eigenvalue weighted by atomic mass is 19.1. The fourth-order valence-corrected chi connectivity index (χ4v) is 5.01. The number of nitrogens with zero attached hydrogens (tertiary/aromatic N) is 1. The van der Waals surface area contributed by atoms with Crippen molar-refractivity contribution >= 4 is 33.6 Å². The molecule has 0 saturated heterocycles. The molecule has 0 spiro atoms. The number of phenolic OH excluding ortho intramolecular Hbond substituents is 1. The standard InChI is InChI=1S/C31H37FN4O4/c1-3-5-7-14-36(15-8-6-4-2)31(40)26(16-20-19-33-24-13-12-21(32)17-23(20)24)35-30(39)25-18-28(38)22-10-9-11-27(37)29(22)34-25/h9-13,17-19,26,33,37H,3-8,14-16H2,1-2H3,(H,34,38)(H,35,39)/t26-/m0/s1. The summed E-state index contributed by atoms with van der Waals surface area (Å²) in [6.07, 6.45) is 7.56. The summed E-state index contributed by atoms with van der Waals surface area (Å²) < 4.78 is 14.1. The highest BCUT2D eigenvalue weighted by molar-refractivity contribution is 5.98. The molecule has 0 aliphatic carbocycles. The fraction of sp³-hybridized carbons (Fsp3) is 0.387. The lowest BCUT2D eigenvalue weighted by Crippen LogP contribution is -2.50. The molecule has 0 aliphatic heterocycles. The Morgan fingerprint density at radius 3 is 2.42 bits per heavy atom. The molecular weight excluding hydrogens is 511 g/mol. The normalized spacial score (nSPS) is 12.1. The number of hydrogen-bond acceptors (Lipinski definition) is 4.